The summed E-state index contributed by atoms with van der Waals surface area (Å²) < 4.78 is 0. The van der Waals surface area contributed by atoms with Gasteiger partial charge in [0.15, 0.2) is 0 Å². The molecule has 0 fully saturated rings. The van der Waals surface area contributed by atoms with Gasteiger partial charge in [-0.3, -0.25) is 4.79 Å². The van der Waals surface area contributed by atoms with Crippen LogP contribution in [0.4, 0.5) is 0 Å². The average molecular weight is 190 g/mol. The van der Waals surface area contributed by atoms with Gasteiger partial charge in [-0.1, -0.05) is 18.2 Å². The second-order valence-electron chi connectivity index (χ2n) is 3.50. The maximum absolute atomic E-state index is 10.9. The summed E-state index contributed by atoms with van der Waals surface area (Å²) in [7, 11) is 0. The third-order valence-electron chi connectivity index (χ3n) is 2.01. The van der Waals surface area contributed by atoms with Crippen molar-refractivity contribution in [2.45, 2.75) is 20.3 Å². The number of Topliss-reactive ketones (excluding diaryl/α,β-unsaturated/α-hetero) is 1. The summed E-state index contributed by atoms with van der Waals surface area (Å²) in [4.78, 5) is 10.9. The Bertz CT molecular complexity index is 378. The van der Waals surface area contributed by atoms with Crippen molar-refractivity contribution >= 4 is 11.4 Å². The lowest BCUT2D eigenvalue weighted by molar-refractivity contribution is -0.116. The fourth-order valence-corrected chi connectivity index (χ4v) is 1.26. The Kier molecular flexibility index (Phi) is 3.07. The molecule has 1 aromatic rings. The fourth-order valence-electron chi connectivity index (χ4n) is 1.26. The molecule has 0 aliphatic heterocycles. The van der Waals surface area contributed by atoms with Crippen molar-refractivity contribution in [3.8, 4) is 5.75 Å². The third-order valence-corrected chi connectivity index (χ3v) is 2.01. The minimum absolute atomic E-state index is 0.0409. The molecule has 1 rings (SSSR count). The molecule has 0 unspecified atom stereocenters. The summed E-state index contributed by atoms with van der Waals surface area (Å²) in [5, 5.41) is 9.48. The zero-order chi connectivity index (χ0) is 10.7. The van der Waals surface area contributed by atoms with Crippen molar-refractivity contribution in [3.05, 3.63) is 35.9 Å². The van der Waals surface area contributed by atoms with Gasteiger partial charge in [-0.25, -0.2) is 0 Å². The van der Waals surface area contributed by atoms with Gasteiger partial charge in [-0.05, 0) is 31.5 Å². The topological polar surface area (TPSA) is 37.3 Å². The lowest BCUT2D eigenvalue weighted by atomic mass is 10.0. The molecule has 2 heteroatoms. The van der Waals surface area contributed by atoms with Gasteiger partial charge in [0, 0.05) is 12.0 Å². The summed E-state index contributed by atoms with van der Waals surface area (Å²) in [6.07, 6.45) is 0.271. The van der Waals surface area contributed by atoms with Crippen LogP contribution in [0.3, 0.4) is 0 Å². The molecule has 0 atom stereocenters. The van der Waals surface area contributed by atoms with Crippen molar-refractivity contribution in [2.75, 3.05) is 0 Å². The van der Waals surface area contributed by atoms with E-state index in [1.54, 1.807) is 18.2 Å². The van der Waals surface area contributed by atoms with E-state index in [0.29, 0.717) is 5.56 Å². The second-order valence-corrected chi connectivity index (χ2v) is 3.50. The lowest BCUT2D eigenvalue weighted by Crippen LogP contribution is -1.97. The molecule has 0 aromatic heterocycles. The monoisotopic (exact) mass is 190 g/mol. The number of hydrogen-bond donors (Lipinski definition) is 1. The smallest absolute Gasteiger partial charge is 0.134 e. The summed E-state index contributed by atoms with van der Waals surface area (Å²) in [6, 6.07) is 5.20. The number of aromatic hydroxyl groups is 1. The molecule has 2 nitrogen and oxygen atoms in total. The Labute approximate surface area is 83.9 Å². The number of rotatable bonds is 3. The Morgan fingerprint density at radius 1 is 1.43 bits per heavy atom. The highest BCUT2D eigenvalue weighted by molar-refractivity contribution is 5.79. The fraction of sp³-hybridized carbons (Fsp3) is 0.250. The predicted molar refractivity (Wildman–Crippen MR) is 57.2 cm³/mol. The second kappa shape index (κ2) is 4.09. The van der Waals surface area contributed by atoms with Gasteiger partial charge in [0.1, 0.15) is 11.5 Å². The molecule has 0 bridgehead atoms. The van der Waals surface area contributed by atoms with Crippen molar-refractivity contribution in [2.24, 2.45) is 0 Å². The van der Waals surface area contributed by atoms with Gasteiger partial charge in [0.05, 0.1) is 0 Å². The quantitative estimate of drug-likeness (QED) is 0.795. The molecular weight excluding hydrogens is 176 g/mol. The van der Waals surface area contributed by atoms with E-state index in [1.807, 2.05) is 6.92 Å². The minimum atomic E-state index is 0.0409. The highest BCUT2D eigenvalue weighted by atomic mass is 16.3. The standard InChI is InChI=1S/C12H14O2/c1-8(2)10-4-5-12(14)11(7-10)6-9(3)13/h4-5,7,14H,1,6H2,2-3H3. The number of allylic oxidation sites excluding steroid dienone is 1. The maximum Gasteiger partial charge on any atom is 0.134 e. The van der Waals surface area contributed by atoms with Crippen molar-refractivity contribution in [3.63, 3.8) is 0 Å². The number of phenols is 1. The predicted octanol–water partition coefficient (Wildman–Crippen LogP) is 2.56. The first-order valence-electron chi connectivity index (χ1n) is 4.48. The summed E-state index contributed by atoms with van der Waals surface area (Å²) >= 11 is 0. The van der Waals surface area contributed by atoms with Crippen LogP contribution in [0.2, 0.25) is 0 Å². The van der Waals surface area contributed by atoms with E-state index < -0.39 is 0 Å². The number of ketones is 1. The SMILES string of the molecule is C=C(C)c1ccc(O)c(CC(C)=O)c1. The highest BCUT2D eigenvalue weighted by Crippen LogP contribution is 2.22. The van der Waals surface area contributed by atoms with E-state index in [2.05, 4.69) is 6.58 Å². The summed E-state index contributed by atoms with van der Waals surface area (Å²) in [6.45, 7) is 7.21. The van der Waals surface area contributed by atoms with Crippen LogP contribution in [0.25, 0.3) is 5.57 Å². The molecule has 1 aromatic carbocycles. The van der Waals surface area contributed by atoms with Gasteiger partial charge in [-0.15, -0.1) is 0 Å². The van der Waals surface area contributed by atoms with Gasteiger partial charge < -0.3 is 5.11 Å². The molecule has 0 saturated carbocycles. The van der Waals surface area contributed by atoms with Gasteiger partial charge in [0.25, 0.3) is 0 Å². The molecule has 0 spiro atoms. The van der Waals surface area contributed by atoms with Crippen LogP contribution in [0.5, 0.6) is 5.75 Å². The van der Waals surface area contributed by atoms with Crippen LogP contribution >= 0.6 is 0 Å². The van der Waals surface area contributed by atoms with E-state index in [0.717, 1.165) is 11.1 Å². The molecule has 0 aliphatic carbocycles. The number of carbonyl (C=O) groups excluding carboxylic acids is 1. The lowest BCUT2D eigenvalue weighted by Gasteiger charge is -2.05. The Morgan fingerprint density at radius 3 is 2.57 bits per heavy atom. The Hall–Kier alpha value is -1.57. The molecule has 0 aliphatic rings. The largest absolute Gasteiger partial charge is 0.508 e. The van der Waals surface area contributed by atoms with Crippen LogP contribution in [-0.2, 0) is 11.2 Å². The zero-order valence-electron chi connectivity index (χ0n) is 8.50. The van der Waals surface area contributed by atoms with E-state index in [-0.39, 0.29) is 18.0 Å². The Morgan fingerprint density at radius 2 is 2.07 bits per heavy atom. The number of benzene rings is 1. The highest BCUT2D eigenvalue weighted by Gasteiger charge is 2.05. The molecule has 74 valence electrons. The first-order valence-corrected chi connectivity index (χ1v) is 4.48. The molecule has 1 N–H and O–H groups in total. The molecular formula is C12H14O2. The number of carbonyl (C=O) groups is 1. The molecule has 0 heterocycles. The van der Waals surface area contributed by atoms with E-state index >= 15 is 0 Å². The van der Waals surface area contributed by atoms with E-state index in [1.165, 1.54) is 6.92 Å². The van der Waals surface area contributed by atoms with E-state index in [9.17, 15) is 9.90 Å². The molecule has 0 radical (unpaired) electrons. The normalized spacial score (nSPS) is 9.86. The van der Waals surface area contributed by atoms with Crippen molar-refractivity contribution < 1.29 is 9.90 Å². The Balaban J connectivity index is 3.08. The first-order chi connectivity index (χ1) is 6.50. The van der Waals surface area contributed by atoms with Crippen LogP contribution in [-0.4, -0.2) is 10.9 Å². The molecule has 0 saturated heterocycles. The number of phenolic OH excluding ortho intramolecular Hbond substituents is 1. The van der Waals surface area contributed by atoms with Crippen LogP contribution < -0.4 is 0 Å². The third kappa shape index (κ3) is 2.46. The minimum Gasteiger partial charge on any atom is -0.508 e. The first kappa shape index (κ1) is 10.5. The van der Waals surface area contributed by atoms with E-state index in [4.69, 9.17) is 0 Å². The van der Waals surface area contributed by atoms with Crippen molar-refractivity contribution in [1.82, 2.24) is 0 Å². The number of hydrogen-bond acceptors (Lipinski definition) is 2. The summed E-state index contributed by atoms with van der Waals surface area (Å²) in [5.41, 5.74) is 2.55. The molecule has 14 heavy (non-hydrogen) atoms. The van der Waals surface area contributed by atoms with Crippen molar-refractivity contribution in [1.29, 1.82) is 0 Å². The van der Waals surface area contributed by atoms with Gasteiger partial charge >= 0.3 is 0 Å². The average Bonchev–Trinajstić information content (AvgIpc) is 2.07. The van der Waals surface area contributed by atoms with Crippen LogP contribution in [0.1, 0.15) is 25.0 Å². The van der Waals surface area contributed by atoms with Crippen LogP contribution in [0, 0.1) is 0 Å². The summed E-state index contributed by atoms with van der Waals surface area (Å²) in [5.74, 6) is 0.212. The van der Waals surface area contributed by atoms with Gasteiger partial charge in [0.2, 0.25) is 0 Å². The van der Waals surface area contributed by atoms with Gasteiger partial charge in [-0.2, -0.15) is 0 Å². The molecule has 0 amide bonds. The zero-order valence-corrected chi connectivity index (χ0v) is 8.50. The van der Waals surface area contributed by atoms with Crippen LogP contribution in [0.15, 0.2) is 24.8 Å². The maximum atomic E-state index is 10.9.